The molecule has 0 atom stereocenters. The van der Waals surface area contributed by atoms with Gasteiger partial charge < -0.3 is 4.74 Å². The predicted octanol–water partition coefficient (Wildman–Crippen LogP) is 3.37. The lowest BCUT2D eigenvalue weighted by atomic mass is 10.2. The maximum atomic E-state index is 12.1. The number of methoxy groups -OCH3 is 1. The van der Waals surface area contributed by atoms with E-state index < -0.39 is 5.91 Å². The molecule has 2 aromatic heterocycles. The van der Waals surface area contributed by atoms with Crippen LogP contribution in [0.1, 0.15) is 20.8 Å². The van der Waals surface area contributed by atoms with Crippen molar-refractivity contribution >= 4 is 45.1 Å². The molecule has 0 unspecified atom stereocenters. The van der Waals surface area contributed by atoms with Crippen molar-refractivity contribution in [2.24, 2.45) is 0 Å². The van der Waals surface area contributed by atoms with Gasteiger partial charge in [-0.15, -0.1) is 11.3 Å². The SMILES string of the molecule is COc1ccc(C(=O)NC(=O)CSc2ncnc3sc(C)c(C)c23)cc1. The molecule has 134 valence electrons. The monoisotopic (exact) mass is 387 g/mol. The van der Waals surface area contributed by atoms with Crippen LogP contribution in [-0.4, -0.2) is 34.6 Å². The number of aryl methyl sites for hydroxylation is 2. The van der Waals surface area contributed by atoms with Gasteiger partial charge in [-0.1, -0.05) is 11.8 Å². The van der Waals surface area contributed by atoms with Crippen molar-refractivity contribution in [1.29, 1.82) is 0 Å². The number of thioether (sulfide) groups is 1. The Balaban J connectivity index is 1.65. The second kappa shape index (κ2) is 7.84. The molecule has 0 aliphatic heterocycles. The standard InChI is InChI=1S/C18H17N3O3S2/c1-10-11(2)26-18-15(10)17(19-9-20-18)25-8-14(22)21-16(23)12-4-6-13(24-3)7-5-12/h4-7,9H,8H2,1-3H3,(H,21,22,23). The van der Waals surface area contributed by atoms with Gasteiger partial charge in [0.15, 0.2) is 0 Å². The number of hydrogen-bond acceptors (Lipinski definition) is 7. The van der Waals surface area contributed by atoms with Crippen LogP contribution in [0.25, 0.3) is 10.2 Å². The van der Waals surface area contributed by atoms with Gasteiger partial charge in [0.2, 0.25) is 5.91 Å². The molecular weight excluding hydrogens is 370 g/mol. The van der Waals surface area contributed by atoms with E-state index in [4.69, 9.17) is 4.74 Å². The van der Waals surface area contributed by atoms with E-state index in [1.807, 2.05) is 13.8 Å². The smallest absolute Gasteiger partial charge is 0.257 e. The van der Waals surface area contributed by atoms with Crippen LogP contribution >= 0.6 is 23.1 Å². The lowest BCUT2D eigenvalue weighted by Gasteiger charge is -2.06. The molecule has 1 aromatic carbocycles. The van der Waals surface area contributed by atoms with Crippen molar-refractivity contribution in [3.8, 4) is 5.75 Å². The van der Waals surface area contributed by atoms with E-state index in [1.165, 1.54) is 23.0 Å². The number of benzene rings is 1. The molecule has 0 aliphatic carbocycles. The maximum absolute atomic E-state index is 12.1. The van der Waals surface area contributed by atoms with Crippen LogP contribution in [0.15, 0.2) is 35.6 Å². The molecule has 0 saturated heterocycles. The predicted molar refractivity (Wildman–Crippen MR) is 103 cm³/mol. The number of fused-ring (bicyclic) bond motifs is 1. The number of ether oxygens (including phenoxy) is 1. The van der Waals surface area contributed by atoms with E-state index >= 15 is 0 Å². The Morgan fingerprint density at radius 1 is 1.19 bits per heavy atom. The average molecular weight is 387 g/mol. The third kappa shape index (κ3) is 3.86. The van der Waals surface area contributed by atoms with Crippen LogP contribution < -0.4 is 10.1 Å². The van der Waals surface area contributed by atoms with E-state index in [0.717, 1.165) is 20.8 Å². The van der Waals surface area contributed by atoms with Crippen LogP contribution in [0.5, 0.6) is 5.75 Å². The molecule has 0 bridgehead atoms. The Bertz CT molecular complexity index is 968. The fourth-order valence-electron chi connectivity index (χ4n) is 2.37. The first kappa shape index (κ1) is 18.3. The third-order valence-electron chi connectivity index (χ3n) is 3.88. The number of thiophene rings is 1. The number of carbonyl (C=O) groups excluding carboxylic acids is 2. The zero-order valence-electron chi connectivity index (χ0n) is 14.5. The molecule has 0 spiro atoms. The molecule has 0 fully saturated rings. The highest BCUT2D eigenvalue weighted by atomic mass is 32.2. The molecule has 26 heavy (non-hydrogen) atoms. The zero-order chi connectivity index (χ0) is 18.7. The van der Waals surface area contributed by atoms with E-state index in [9.17, 15) is 9.59 Å². The van der Waals surface area contributed by atoms with Gasteiger partial charge in [0, 0.05) is 15.8 Å². The quantitative estimate of drug-likeness (QED) is 0.534. The summed E-state index contributed by atoms with van der Waals surface area (Å²) in [6.45, 7) is 4.06. The Labute approximate surface area is 159 Å². The van der Waals surface area contributed by atoms with Crippen molar-refractivity contribution in [2.45, 2.75) is 18.9 Å². The summed E-state index contributed by atoms with van der Waals surface area (Å²) < 4.78 is 5.05. The lowest BCUT2D eigenvalue weighted by molar-refractivity contribution is -0.117. The zero-order valence-corrected chi connectivity index (χ0v) is 16.2. The second-order valence-electron chi connectivity index (χ2n) is 5.54. The van der Waals surface area contributed by atoms with Crippen molar-refractivity contribution < 1.29 is 14.3 Å². The summed E-state index contributed by atoms with van der Waals surface area (Å²) in [6, 6.07) is 6.57. The van der Waals surface area contributed by atoms with Gasteiger partial charge in [-0.25, -0.2) is 9.97 Å². The summed E-state index contributed by atoms with van der Waals surface area (Å²) in [4.78, 5) is 34.9. The van der Waals surface area contributed by atoms with Crippen LogP contribution in [0.3, 0.4) is 0 Å². The number of carbonyl (C=O) groups is 2. The molecule has 3 aromatic rings. The van der Waals surface area contributed by atoms with Crippen molar-refractivity contribution in [2.75, 3.05) is 12.9 Å². The number of aromatic nitrogens is 2. The maximum Gasteiger partial charge on any atom is 0.257 e. The molecular formula is C18H17N3O3S2. The van der Waals surface area contributed by atoms with Crippen LogP contribution in [0.4, 0.5) is 0 Å². The van der Waals surface area contributed by atoms with Crippen LogP contribution in [0, 0.1) is 13.8 Å². The summed E-state index contributed by atoms with van der Waals surface area (Å²) in [5.41, 5.74) is 1.53. The van der Waals surface area contributed by atoms with Crippen molar-refractivity contribution in [1.82, 2.24) is 15.3 Å². The van der Waals surface area contributed by atoms with Gasteiger partial charge in [0.25, 0.3) is 5.91 Å². The van der Waals surface area contributed by atoms with Crippen molar-refractivity contribution in [3.63, 3.8) is 0 Å². The minimum absolute atomic E-state index is 0.0995. The summed E-state index contributed by atoms with van der Waals surface area (Å²) >= 11 is 2.91. The first-order valence-electron chi connectivity index (χ1n) is 7.81. The normalized spacial score (nSPS) is 10.7. The van der Waals surface area contributed by atoms with Gasteiger partial charge in [-0.05, 0) is 43.7 Å². The Morgan fingerprint density at radius 3 is 2.62 bits per heavy atom. The number of imide groups is 1. The van der Waals surface area contributed by atoms with Gasteiger partial charge in [0.1, 0.15) is 21.9 Å². The minimum Gasteiger partial charge on any atom is -0.497 e. The summed E-state index contributed by atoms with van der Waals surface area (Å²) in [5, 5.41) is 4.13. The van der Waals surface area contributed by atoms with E-state index in [0.29, 0.717) is 11.3 Å². The second-order valence-corrected chi connectivity index (χ2v) is 7.70. The Hall–Kier alpha value is -2.45. The number of nitrogens with zero attached hydrogens (tertiary/aromatic N) is 2. The Morgan fingerprint density at radius 2 is 1.92 bits per heavy atom. The highest BCUT2D eigenvalue weighted by molar-refractivity contribution is 8.00. The number of nitrogens with one attached hydrogen (secondary N) is 1. The molecule has 2 amide bonds. The first-order chi connectivity index (χ1) is 12.5. The number of amides is 2. The number of hydrogen-bond donors (Lipinski definition) is 1. The molecule has 8 heteroatoms. The molecule has 0 radical (unpaired) electrons. The largest absolute Gasteiger partial charge is 0.497 e. The Kier molecular flexibility index (Phi) is 5.53. The highest BCUT2D eigenvalue weighted by Gasteiger charge is 2.15. The lowest BCUT2D eigenvalue weighted by Crippen LogP contribution is -2.31. The van der Waals surface area contributed by atoms with Gasteiger partial charge in [-0.2, -0.15) is 0 Å². The first-order valence-corrected chi connectivity index (χ1v) is 9.61. The third-order valence-corrected chi connectivity index (χ3v) is 5.98. The fraction of sp³-hybridized carbons (Fsp3) is 0.222. The molecule has 3 rings (SSSR count). The summed E-state index contributed by atoms with van der Waals surface area (Å²) in [6.07, 6.45) is 1.50. The molecule has 6 nitrogen and oxygen atoms in total. The van der Waals surface area contributed by atoms with E-state index in [-0.39, 0.29) is 11.7 Å². The van der Waals surface area contributed by atoms with E-state index in [1.54, 1.807) is 42.7 Å². The van der Waals surface area contributed by atoms with Crippen LogP contribution in [0.2, 0.25) is 0 Å². The van der Waals surface area contributed by atoms with E-state index in [2.05, 4.69) is 15.3 Å². The summed E-state index contributed by atoms with van der Waals surface area (Å²) in [5.74, 6) is -0.0547. The molecule has 1 N–H and O–H groups in total. The fourth-order valence-corrected chi connectivity index (χ4v) is 4.29. The van der Waals surface area contributed by atoms with Gasteiger partial charge in [0.05, 0.1) is 12.9 Å². The minimum atomic E-state index is -0.436. The van der Waals surface area contributed by atoms with Crippen molar-refractivity contribution in [3.05, 3.63) is 46.6 Å². The summed E-state index contributed by atoms with van der Waals surface area (Å²) in [7, 11) is 1.55. The highest BCUT2D eigenvalue weighted by Crippen LogP contribution is 2.34. The number of rotatable bonds is 5. The average Bonchev–Trinajstić information content (AvgIpc) is 2.94. The van der Waals surface area contributed by atoms with Gasteiger partial charge in [-0.3, -0.25) is 14.9 Å². The molecule has 0 saturated carbocycles. The topological polar surface area (TPSA) is 81.2 Å². The molecule has 2 heterocycles. The van der Waals surface area contributed by atoms with Crippen LogP contribution in [-0.2, 0) is 4.79 Å². The molecule has 0 aliphatic rings. The van der Waals surface area contributed by atoms with Gasteiger partial charge >= 0.3 is 0 Å².